The van der Waals surface area contributed by atoms with E-state index in [1.807, 2.05) is 6.07 Å². The van der Waals surface area contributed by atoms with Gasteiger partial charge in [-0.25, -0.2) is 4.79 Å². The van der Waals surface area contributed by atoms with Gasteiger partial charge < -0.3 is 20.6 Å². The van der Waals surface area contributed by atoms with E-state index in [1.165, 1.54) is 13.8 Å². The van der Waals surface area contributed by atoms with Crippen LogP contribution >= 0.6 is 0 Å². The van der Waals surface area contributed by atoms with E-state index in [9.17, 15) is 30.2 Å². The minimum Gasteiger partial charge on any atom is -0.481 e. The Labute approximate surface area is 137 Å². The van der Waals surface area contributed by atoms with Gasteiger partial charge in [0.15, 0.2) is 0 Å². The van der Waals surface area contributed by atoms with Gasteiger partial charge in [-0.15, -0.1) is 0 Å². The molecule has 0 amide bonds. The van der Waals surface area contributed by atoms with E-state index in [1.54, 1.807) is 24.3 Å². The minimum absolute atomic E-state index is 0.144. The highest BCUT2D eigenvalue weighted by Gasteiger charge is 2.71. The number of hydrogen-bond donors (Lipinski definition) is 4. The first-order valence-corrected chi connectivity index (χ1v) is 7.36. The average Bonchev–Trinajstić information content (AvgIpc) is 2.79. The normalized spacial score (nSPS) is 33.9. The SMILES string of the molecule is CC1=C(C(=O)O)C2c3ccccc3C(O)C2(C(=O)O)C(C)(C#N)N1. The molecule has 7 heteroatoms. The molecule has 0 saturated heterocycles. The zero-order valence-electron chi connectivity index (χ0n) is 13.1. The largest absolute Gasteiger partial charge is 0.481 e. The maximum absolute atomic E-state index is 12.3. The Morgan fingerprint density at radius 3 is 2.33 bits per heavy atom. The fraction of sp³-hybridized carbons (Fsp3) is 0.353. The predicted octanol–water partition coefficient (Wildman–Crippen LogP) is 1.13. The van der Waals surface area contributed by atoms with Crippen molar-refractivity contribution >= 4 is 11.9 Å². The zero-order valence-corrected chi connectivity index (χ0v) is 13.1. The van der Waals surface area contributed by atoms with Crippen molar-refractivity contribution < 1.29 is 24.9 Å². The fourth-order valence-electron chi connectivity index (χ4n) is 4.24. The van der Waals surface area contributed by atoms with E-state index >= 15 is 0 Å². The number of aliphatic hydroxyl groups is 1. The summed E-state index contributed by atoms with van der Waals surface area (Å²) in [6, 6.07) is 8.42. The Morgan fingerprint density at radius 2 is 1.83 bits per heavy atom. The van der Waals surface area contributed by atoms with E-state index in [2.05, 4.69) is 5.32 Å². The Bertz CT molecular complexity index is 840. The minimum atomic E-state index is -2.04. The number of fused-ring (bicyclic) bond motifs is 3. The van der Waals surface area contributed by atoms with Crippen molar-refractivity contribution in [2.24, 2.45) is 5.41 Å². The number of carboxylic acid groups (broad SMARTS) is 2. The van der Waals surface area contributed by atoms with Crippen molar-refractivity contribution in [1.29, 1.82) is 5.26 Å². The van der Waals surface area contributed by atoms with Gasteiger partial charge in [0.1, 0.15) is 11.0 Å². The van der Waals surface area contributed by atoms with E-state index in [-0.39, 0.29) is 11.3 Å². The summed E-state index contributed by atoms with van der Waals surface area (Å²) in [6.07, 6.45) is -1.52. The molecule has 1 aliphatic heterocycles. The molecule has 24 heavy (non-hydrogen) atoms. The summed E-state index contributed by atoms with van der Waals surface area (Å²) in [7, 11) is 0. The van der Waals surface area contributed by atoms with Crippen LogP contribution in [0.1, 0.15) is 37.0 Å². The molecule has 0 radical (unpaired) electrons. The van der Waals surface area contributed by atoms with Crippen molar-refractivity contribution in [3.63, 3.8) is 0 Å². The number of nitriles is 1. The highest BCUT2D eigenvalue weighted by molar-refractivity contribution is 5.95. The molecule has 0 bridgehead atoms. The van der Waals surface area contributed by atoms with E-state index < -0.39 is 34.9 Å². The molecule has 1 aromatic carbocycles. The third-order valence-corrected chi connectivity index (χ3v) is 5.25. The second-order valence-corrected chi connectivity index (χ2v) is 6.34. The summed E-state index contributed by atoms with van der Waals surface area (Å²) in [5.41, 5.74) is -2.90. The second-order valence-electron chi connectivity index (χ2n) is 6.34. The van der Waals surface area contributed by atoms with Crippen molar-refractivity contribution in [3.8, 4) is 6.07 Å². The molecule has 4 N–H and O–H groups in total. The number of hydrogen-bond acceptors (Lipinski definition) is 5. The van der Waals surface area contributed by atoms with Crippen LogP contribution in [0.4, 0.5) is 0 Å². The zero-order chi connectivity index (χ0) is 17.9. The summed E-state index contributed by atoms with van der Waals surface area (Å²) < 4.78 is 0. The van der Waals surface area contributed by atoms with Crippen LogP contribution < -0.4 is 5.32 Å². The molecule has 0 aromatic heterocycles. The molecule has 3 rings (SSSR count). The fourth-order valence-corrected chi connectivity index (χ4v) is 4.24. The number of rotatable bonds is 2. The van der Waals surface area contributed by atoms with Gasteiger partial charge in [-0.1, -0.05) is 24.3 Å². The highest BCUT2D eigenvalue weighted by atomic mass is 16.4. The quantitative estimate of drug-likeness (QED) is 0.640. The Balaban J connectivity index is 2.47. The Hall–Kier alpha value is -2.85. The van der Waals surface area contributed by atoms with Crippen molar-refractivity contribution in [3.05, 3.63) is 46.7 Å². The lowest BCUT2D eigenvalue weighted by atomic mass is 9.58. The smallest absolute Gasteiger partial charge is 0.333 e. The average molecular weight is 328 g/mol. The third-order valence-electron chi connectivity index (χ3n) is 5.25. The molecule has 2 aliphatic rings. The molecule has 7 nitrogen and oxygen atoms in total. The number of aliphatic carboxylic acids is 2. The third kappa shape index (κ3) is 1.58. The first-order valence-electron chi connectivity index (χ1n) is 7.36. The van der Waals surface area contributed by atoms with Crippen LogP contribution in [0.15, 0.2) is 35.5 Å². The lowest BCUT2D eigenvalue weighted by Crippen LogP contribution is -2.65. The lowest BCUT2D eigenvalue weighted by Gasteiger charge is -2.49. The number of carbonyl (C=O) groups is 2. The van der Waals surface area contributed by atoms with E-state index in [0.717, 1.165) is 0 Å². The summed E-state index contributed by atoms with van der Waals surface area (Å²) in [5.74, 6) is -3.83. The number of benzene rings is 1. The number of aliphatic hydroxyl groups excluding tert-OH is 1. The summed E-state index contributed by atoms with van der Waals surface area (Å²) in [5, 5.41) is 43.0. The molecule has 0 spiro atoms. The molecule has 124 valence electrons. The Morgan fingerprint density at radius 1 is 1.25 bits per heavy atom. The summed E-state index contributed by atoms with van der Waals surface area (Å²) in [6.45, 7) is 2.88. The van der Waals surface area contributed by atoms with Crippen molar-refractivity contribution in [2.75, 3.05) is 0 Å². The van der Waals surface area contributed by atoms with Gasteiger partial charge in [0.05, 0.1) is 17.7 Å². The standard InChI is InChI=1S/C17H16N2O5/c1-8-11(14(21)22)12-9-5-3-4-6-10(9)13(20)17(12,15(23)24)16(2,7-18)19-8/h3-6,12-13,19-20H,1-2H3,(H,21,22)(H,23,24). The second kappa shape index (κ2) is 4.82. The Kier molecular flexibility index (Phi) is 3.22. The van der Waals surface area contributed by atoms with Crippen LogP contribution in [-0.4, -0.2) is 32.8 Å². The molecular formula is C17H16N2O5. The van der Waals surface area contributed by atoms with Crippen LogP contribution in [0.2, 0.25) is 0 Å². The van der Waals surface area contributed by atoms with Gasteiger partial charge in [-0.05, 0) is 25.0 Å². The van der Waals surface area contributed by atoms with Crippen LogP contribution in [0.5, 0.6) is 0 Å². The molecule has 0 fully saturated rings. The van der Waals surface area contributed by atoms with E-state index in [4.69, 9.17) is 0 Å². The number of carboxylic acids is 2. The van der Waals surface area contributed by atoms with Gasteiger partial charge in [0, 0.05) is 11.6 Å². The summed E-state index contributed by atoms with van der Waals surface area (Å²) >= 11 is 0. The molecular weight excluding hydrogens is 312 g/mol. The van der Waals surface area contributed by atoms with Crippen LogP contribution in [0.3, 0.4) is 0 Å². The number of nitrogens with one attached hydrogen (secondary N) is 1. The number of allylic oxidation sites excluding steroid dienone is 1. The van der Waals surface area contributed by atoms with Crippen LogP contribution in [0.25, 0.3) is 0 Å². The molecule has 4 atom stereocenters. The van der Waals surface area contributed by atoms with Gasteiger partial charge in [-0.3, -0.25) is 4.79 Å². The highest BCUT2D eigenvalue weighted by Crippen LogP contribution is 2.64. The van der Waals surface area contributed by atoms with Crippen molar-refractivity contribution in [2.45, 2.75) is 31.4 Å². The monoisotopic (exact) mass is 328 g/mol. The topological polar surface area (TPSA) is 131 Å². The molecule has 1 aromatic rings. The first-order chi connectivity index (χ1) is 11.2. The lowest BCUT2D eigenvalue weighted by molar-refractivity contribution is -0.164. The van der Waals surface area contributed by atoms with Gasteiger partial charge >= 0.3 is 11.9 Å². The molecule has 4 unspecified atom stereocenters. The maximum Gasteiger partial charge on any atom is 0.333 e. The van der Waals surface area contributed by atoms with Gasteiger partial charge in [0.2, 0.25) is 0 Å². The predicted molar refractivity (Wildman–Crippen MR) is 81.7 cm³/mol. The van der Waals surface area contributed by atoms with Crippen molar-refractivity contribution in [1.82, 2.24) is 5.32 Å². The molecule has 1 aliphatic carbocycles. The van der Waals surface area contributed by atoms with E-state index in [0.29, 0.717) is 11.1 Å². The first kappa shape index (κ1) is 16.0. The van der Waals surface area contributed by atoms with Crippen LogP contribution in [-0.2, 0) is 9.59 Å². The molecule has 0 saturated carbocycles. The molecule has 1 heterocycles. The number of nitrogens with zero attached hydrogens (tertiary/aromatic N) is 1. The van der Waals surface area contributed by atoms with Crippen LogP contribution in [0, 0.1) is 16.7 Å². The van der Waals surface area contributed by atoms with Gasteiger partial charge in [0.25, 0.3) is 0 Å². The maximum atomic E-state index is 12.3. The summed E-state index contributed by atoms with van der Waals surface area (Å²) in [4.78, 5) is 24.2. The van der Waals surface area contributed by atoms with Gasteiger partial charge in [-0.2, -0.15) is 5.26 Å².